The first-order valence-corrected chi connectivity index (χ1v) is 8.95. The van der Waals surface area contributed by atoms with E-state index in [1.165, 1.54) is 0 Å². The largest absolute Gasteiger partial charge is 0.357 e. The summed E-state index contributed by atoms with van der Waals surface area (Å²) < 4.78 is 1.94. The number of amides is 1. The first-order chi connectivity index (χ1) is 12.5. The fourth-order valence-electron chi connectivity index (χ4n) is 2.65. The van der Waals surface area contributed by atoms with E-state index in [-0.39, 0.29) is 12.5 Å². The minimum Gasteiger partial charge on any atom is -0.357 e. The van der Waals surface area contributed by atoms with Crippen molar-refractivity contribution in [3.05, 3.63) is 47.3 Å². The number of rotatable bonds is 7. The van der Waals surface area contributed by atoms with Crippen LogP contribution in [0.3, 0.4) is 0 Å². The Bertz CT molecular complexity index is 765. The van der Waals surface area contributed by atoms with Crippen LogP contribution in [0.4, 0.5) is 0 Å². The normalized spacial score (nSPS) is 11.3. The smallest absolute Gasteiger partial charge is 0.239 e. The molecule has 0 aliphatic heterocycles. The molecular formula is C19H28N6O. The van der Waals surface area contributed by atoms with Crippen molar-refractivity contribution in [1.29, 1.82) is 0 Å². The van der Waals surface area contributed by atoms with Gasteiger partial charge in [-0.25, -0.2) is 9.67 Å². The van der Waals surface area contributed by atoms with Crippen LogP contribution < -0.4 is 16.0 Å². The zero-order valence-corrected chi connectivity index (χ0v) is 16.0. The second-order valence-electron chi connectivity index (χ2n) is 5.97. The van der Waals surface area contributed by atoms with Crippen molar-refractivity contribution in [3.8, 4) is 5.69 Å². The van der Waals surface area contributed by atoms with Gasteiger partial charge in [-0.15, -0.1) is 0 Å². The Hall–Kier alpha value is -2.83. The number of carbonyl (C=O) groups excluding carboxylic acids is 1. The molecule has 1 heterocycles. The average molecular weight is 356 g/mol. The number of aromatic nitrogens is 2. The fraction of sp³-hybridized carbons (Fsp3) is 0.421. The van der Waals surface area contributed by atoms with Crippen LogP contribution in [0.15, 0.2) is 35.3 Å². The molecule has 0 bridgehead atoms. The number of guanidine groups is 1. The monoisotopic (exact) mass is 356 g/mol. The Balaban J connectivity index is 2.16. The third kappa shape index (κ3) is 5.34. The van der Waals surface area contributed by atoms with Crippen LogP contribution in [-0.2, 0) is 11.3 Å². The molecule has 7 nitrogen and oxygen atoms in total. The standard InChI is InChI=1S/C19H28N6O/c1-5-20-18(26)13-23-19(21-6-2)22-12-16-9-7-8-10-17(16)25-15(4)11-14(3)24-25/h7-11H,5-6,12-13H2,1-4H3,(H,20,26)(H2,21,22,23). The van der Waals surface area contributed by atoms with Gasteiger partial charge in [0.25, 0.3) is 0 Å². The number of para-hydroxylation sites is 1. The van der Waals surface area contributed by atoms with Gasteiger partial charge in [-0.3, -0.25) is 4.79 Å². The fourth-order valence-corrected chi connectivity index (χ4v) is 2.65. The highest BCUT2D eigenvalue weighted by Crippen LogP contribution is 2.17. The number of carbonyl (C=O) groups is 1. The zero-order valence-electron chi connectivity index (χ0n) is 16.0. The lowest BCUT2D eigenvalue weighted by Crippen LogP contribution is -2.43. The minimum absolute atomic E-state index is 0.0545. The summed E-state index contributed by atoms with van der Waals surface area (Å²) in [5.41, 5.74) is 4.15. The van der Waals surface area contributed by atoms with Gasteiger partial charge in [-0.05, 0) is 45.4 Å². The highest BCUT2D eigenvalue weighted by atomic mass is 16.1. The molecule has 0 fully saturated rings. The number of nitrogens with one attached hydrogen (secondary N) is 3. The van der Waals surface area contributed by atoms with E-state index < -0.39 is 0 Å². The van der Waals surface area contributed by atoms with Crippen molar-refractivity contribution < 1.29 is 4.79 Å². The Morgan fingerprint density at radius 2 is 1.85 bits per heavy atom. The summed E-state index contributed by atoms with van der Waals surface area (Å²) in [6, 6.07) is 10.1. The molecule has 1 aromatic carbocycles. The van der Waals surface area contributed by atoms with Crippen LogP contribution in [0.2, 0.25) is 0 Å². The molecular weight excluding hydrogens is 328 g/mol. The van der Waals surface area contributed by atoms with Crippen molar-refractivity contribution in [2.75, 3.05) is 19.6 Å². The lowest BCUT2D eigenvalue weighted by atomic mass is 10.2. The summed E-state index contributed by atoms with van der Waals surface area (Å²) in [5, 5.41) is 13.5. The van der Waals surface area contributed by atoms with Crippen LogP contribution in [0.25, 0.3) is 5.69 Å². The summed E-state index contributed by atoms with van der Waals surface area (Å²) in [7, 11) is 0. The average Bonchev–Trinajstić information content (AvgIpc) is 2.96. The van der Waals surface area contributed by atoms with E-state index in [0.717, 1.165) is 29.2 Å². The van der Waals surface area contributed by atoms with E-state index >= 15 is 0 Å². The number of aryl methyl sites for hydroxylation is 2. The van der Waals surface area contributed by atoms with Gasteiger partial charge in [0.2, 0.25) is 5.91 Å². The van der Waals surface area contributed by atoms with Gasteiger partial charge in [-0.1, -0.05) is 18.2 Å². The van der Waals surface area contributed by atoms with E-state index in [0.29, 0.717) is 19.0 Å². The van der Waals surface area contributed by atoms with Crippen LogP contribution in [0.1, 0.15) is 30.8 Å². The zero-order chi connectivity index (χ0) is 18.9. The Kier molecular flexibility index (Phi) is 7.20. The summed E-state index contributed by atoms with van der Waals surface area (Å²) in [6.45, 7) is 9.93. The lowest BCUT2D eigenvalue weighted by Gasteiger charge is -2.13. The maximum atomic E-state index is 11.6. The number of hydrogen-bond donors (Lipinski definition) is 3. The maximum absolute atomic E-state index is 11.6. The lowest BCUT2D eigenvalue weighted by molar-refractivity contribution is -0.119. The van der Waals surface area contributed by atoms with Crippen molar-refractivity contribution >= 4 is 11.9 Å². The molecule has 3 N–H and O–H groups in total. The molecule has 0 saturated carbocycles. The predicted octanol–water partition coefficient (Wildman–Crippen LogP) is 1.68. The number of aliphatic imine (C=N–C) groups is 1. The molecule has 0 spiro atoms. The summed E-state index contributed by atoms with van der Waals surface area (Å²) >= 11 is 0. The van der Waals surface area contributed by atoms with Crippen molar-refractivity contribution in [2.24, 2.45) is 4.99 Å². The van der Waals surface area contributed by atoms with Crippen LogP contribution >= 0.6 is 0 Å². The molecule has 0 aliphatic carbocycles. The summed E-state index contributed by atoms with van der Waals surface area (Å²) in [5.74, 6) is 0.558. The van der Waals surface area contributed by atoms with Crippen molar-refractivity contribution in [1.82, 2.24) is 25.7 Å². The van der Waals surface area contributed by atoms with Gasteiger partial charge >= 0.3 is 0 Å². The number of nitrogens with zero attached hydrogens (tertiary/aromatic N) is 3. The van der Waals surface area contributed by atoms with E-state index in [9.17, 15) is 4.79 Å². The number of likely N-dealkylation sites (N-methyl/N-ethyl adjacent to an activating group) is 1. The third-order valence-electron chi connectivity index (χ3n) is 3.77. The van der Waals surface area contributed by atoms with E-state index in [1.807, 2.05) is 56.6 Å². The van der Waals surface area contributed by atoms with Gasteiger partial charge < -0.3 is 16.0 Å². The van der Waals surface area contributed by atoms with Gasteiger partial charge in [0.05, 0.1) is 24.5 Å². The summed E-state index contributed by atoms with van der Waals surface area (Å²) in [4.78, 5) is 16.2. The SMILES string of the molecule is CCNC(=O)CNC(=NCc1ccccc1-n1nc(C)cc1C)NCC. The Morgan fingerprint density at radius 1 is 1.12 bits per heavy atom. The van der Waals surface area contributed by atoms with Gasteiger partial charge in [0, 0.05) is 18.8 Å². The number of hydrogen-bond acceptors (Lipinski definition) is 3. The quantitative estimate of drug-likeness (QED) is 0.521. The molecule has 7 heteroatoms. The topological polar surface area (TPSA) is 83.3 Å². The predicted molar refractivity (Wildman–Crippen MR) is 105 cm³/mol. The third-order valence-corrected chi connectivity index (χ3v) is 3.77. The first kappa shape index (κ1) is 19.5. The molecule has 2 aromatic rings. The Morgan fingerprint density at radius 3 is 2.50 bits per heavy atom. The van der Waals surface area contributed by atoms with Gasteiger partial charge in [0.15, 0.2) is 5.96 Å². The second kappa shape index (κ2) is 9.60. The highest BCUT2D eigenvalue weighted by molar-refractivity contribution is 5.86. The molecule has 140 valence electrons. The van der Waals surface area contributed by atoms with Crippen LogP contribution in [0, 0.1) is 13.8 Å². The molecule has 26 heavy (non-hydrogen) atoms. The van der Waals surface area contributed by atoms with E-state index in [4.69, 9.17) is 0 Å². The number of benzene rings is 1. The van der Waals surface area contributed by atoms with Crippen LogP contribution in [-0.4, -0.2) is 41.3 Å². The van der Waals surface area contributed by atoms with Crippen molar-refractivity contribution in [3.63, 3.8) is 0 Å². The first-order valence-electron chi connectivity index (χ1n) is 8.95. The van der Waals surface area contributed by atoms with Crippen molar-refractivity contribution in [2.45, 2.75) is 34.2 Å². The molecule has 1 aromatic heterocycles. The van der Waals surface area contributed by atoms with Gasteiger partial charge in [0.1, 0.15) is 0 Å². The van der Waals surface area contributed by atoms with E-state index in [2.05, 4.69) is 32.1 Å². The maximum Gasteiger partial charge on any atom is 0.239 e. The Labute approximate surface area is 154 Å². The minimum atomic E-state index is -0.0545. The second-order valence-corrected chi connectivity index (χ2v) is 5.97. The molecule has 0 saturated heterocycles. The molecule has 0 aliphatic rings. The highest BCUT2D eigenvalue weighted by Gasteiger charge is 2.09. The van der Waals surface area contributed by atoms with Gasteiger partial charge in [-0.2, -0.15) is 5.10 Å². The molecule has 2 rings (SSSR count). The summed E-state index contributed by atoms with van der Waals surface area (Å²) in [6.07, 6.45) is 0. The molecule has 0 atom stereocenters. The van der Waals surface area contributed by atoms with E-state index in [1.54, 1.807) is 0 Å². The molecule has 0 unspecified atom stereocenters. The molecule has 1 amide bonds. The van der Waals surface area contributed by atoms with Crippen LogP contribution in [0.5, 0.6) is 0 Å². The molecule has 0 radical (unpaired) electrons.